The van der Waals surface area contributed by atoms with Gasteiger partial charge in [0, 0.05) is 18.0 Å². The maximum atomic E-state index is 12.0. The van der Waals surface area contributed by atoms with E-state index in [1.165, 1.54) is 12.4 Å². The first-order chi connectivity index (χ1) is 7.66. The molecular formula is C12H11N3O. The molecule has 0 bridgehead atoms. The van der Waals surface area contributed by atoms with E-state index in [-0.39, 0.29) is 5.78 Å². The Morgan fingerprint density at radius 1 is 1.25 bits per heavy atom. The molecule has 4 nitrogen and oxygen atoms in total. The van der Waals surface area contributed by atoms with Gasteiger partial charge in [0.1, 0.15) is 5.69 Å². The van der Waals surface area contributed by atoms with E-state index in [4.69, 9.17) is 5.73 Å². The molecule has 0 saturated carbocycles. The van der Waals surface area contributed by atoms with Crippen LogP contribution in [0.25, 0.3) is 0 Å². The number of hydrogen-bond acceptors (Lipinski definition) is 4. The first-order valence-electron chi connectivity index (χ1n) is 4.85. The minimum Gasteiger partial charge on any atom is -0.397 e. The van der Waals surface area contributed by atoms with Crippen molar-refractivity contribution < 1.29 is 4.79 Å². The van der Waals surface area contributed by atoms with Gasteiger partial charge in [-0.25, -0.2) is 0 Å². The molecule has 0 aliphatic carbocycles. The van der Waals surface area contributed by atoms with Gasteiger partial charge < -0.3 is 5.73 Å². The normalized spacial score (nSPS) is 10.1. The Morgan fingerprint density at radius 2 is 2.06 bits per heavy atom. The molecule has 2 aromatic heterocycles. The molecule has 0 fully saturated rings. The smallest absolute Gasteiger partial charge is 0.212 e. The van der Waals surface area contributed by atoms with Crippen molar-refractivity contribution in [2.45, 2.75) is 6.92 Å². The zero-order valence-corrected chi connectivity index (χ0v) is 8.84. The van der Waals surface area contributed by atoms with Gasteiger partial charge >= 0.3 is 0 Å². The number of carbonyl (C=O) groups excluding carboxylic acids is 1. The average molecular weight is 213 g/mol. The summed E-state index contributed by atoms with van der Waals surface area (Å²) in [6.07, 6.45) is 4.71. The molecule has 0 spiro atoms. The first kappa shape index (κ1) is 10.3. The number of aromatic nitrogens is 2. The van der Waals surface area contributed by atoms with Crippen molar-refractivity contribution in [2.75, 3.05) is 5.73 Å². The van der Waals surface area contributed by atoms with Gasteiger partial charge in [0.15, 0.2) is 0 Å². The van der Waals surface area contributed by atoms with E-state index in [9.17, 15) is 4.79 Å². The molecule has 16 heavy (non-hydrogen) atoms. The third-order valence-electron chi connectivity index (χ3n) is 2.16. The highest BCUT2D eigenvalue weighted by Crippen LogP contribution is 2.09. The number of rotatable bonds is 2. The summed E-state index contributed by atoms with van der Waals surface area (Å²) < 4.78 is 0. The van der Waals surface area contributed by atoms with Crippen LogP contribution in [-0.4, -0.2) is 15.8 Å². The Bertz CT molecular complexity index is 520. The third kappa shape index (κ3) is 2.06. The number of ketones is 1. The van der Waals surface area contributed by atoms with E-state index in [1.807, 2.05) is 6.92 Å². The summed E-state index contributed by atoms with van der Waals surface area (Å²) in [4.78, 5) is 19.9. The number of pyridine rings is 2. The van der Waals surface area contributed by atoms with Crippen molar-refractivity contribution in [1.29, 1.82) is 0 Å². The first-order valence-corrected chi connectivity index (χ1v) is 4.85. The van der Waals surface area contributed by atoms with Gasteiger partial charge in [-0.1, -0.05) is 0 Å². The Kier molecular flexibility index (Phi) is 2.64. The number of carbonyl (C=O) groups is 1. The summed E-state index contributed by atoms with van der Waals surface area (Å²) in [7, 11) is 0. The second-order valence-corrected chi connectivity index (χ2v) is 3.56. The lowest BCUT2D eigenvalue weighted by Gasteiger charge is -2.01. The predicted octanol–water partition coefficient (Wildman–Crippen LogP) is 1.60. The van der Waals surface area contributed by atoms with Gasteiger partial charge in [0.05, 0.1) is 11.9 Å². The van der Waals surface area contributed by atoms with Crippen molar-refractivity contribution in [1.82, 2.24) is 9.97 Å². The van der Waals surface area contributed by atoms with E-state index < -0.39 is 0 Å². The standard InChI is InChI=1S/C12H11N3O/c1-8-4-9(6-14-5-8)12(16)11-3-2-10(13)7-15-11/h2-7H,13H2,1H3. The SMILES string of the molecule is Cc1cncc(C(=O)c2ccc(N)cn2)c1. The number of nitrogens with zero attached hydrogens (tertiary/aromatic N) is 2. The van der Waals surface area contributed by atoms with Crippen LogP contribution >= 0.6 is 0 Å². The molecule has 2 N–H and O–H groups in total. The van der Waals surface area contributed by atoms with Crippen molar-refractivity contribution in [3.63, 3.8) is 0 Å². The maximum Gasteiger partial charge on any atom is 0.212 e. The number of hydrogen-bond donors (Lipinski definition) is 1. The fourth-order valence-corrected chi connectivity index (χ4v) is 1.37. The lowest BCUT2D eigenvalue weighted by molar-refractivity contribution is 0.103. The Balaban J connectivity index is 2.35. The van der Waals surface area contributed by atoms with Crippen molar-refractivity contribution >= 4 is 11.5 Å². The largest absolute Gasteiger partial charge is 0.397 e. The highest BCUT2D eigenvalue weighted by molar-refractivity contribution is 6.07. The summed E-state index contributed by atoms with van der Waals surface area (Å²) >= 11 is 0. The summed E-state index contributed by atoms with van der Waals surface area (Å²) in [6, 6.07) is 5.05. The summed E-state index contributed by atoms with van der Waals surface area (Å²) in [5.41, 5.74) is 7.91. The minimum absolute atomic E-state index is 0.142. The van der Waals surface area contributed by atoms with Crippen LogP contribution in [0, 0.1) is 6.92 Å². The van der Waals surface area contributed by atoms with E-state index in [0.717, 1.165) is 5.56 Å². The van der Waals surface area contributed by atoms with Crippen LogP contribution in [0.2, 0.25) is 0 Å². The molecule has 0 unspecified atom stereocenters. The fraction of sp³-hybridized carbons (Fsp3) is 0.0833. The van der Waals surface area contributed by atoms with Gasteiger partial charge in [-0.2, -0.15) is 0 Å². The van der Waals surface area contributed by atoms with Crippen LogP contribution in [-0.2, 0) is 0 Å². The molecule has 0 aromatic carbocycles. The molecule has 80 valence electrons. The second-order valence-electron chi connectivity index (χ2n) is 3.56. The Labute approximate surface area is 93.2 Å². The van der Waals surface area contributed by atoms with Crippen molar-refractivity contribution in [3.05, 3.63) is 53.6 Å². The minimum atomic E-state index is -0.142. The summed E-state index contributed by atoms with van der Waals surface area (Å²) in [5.74, 6) is -0.142. The molecule has 0 saturated heterocycles. The van der Waals surface area contributed by atoms with Crippen molar-refractivity contribution in [2.24, 2.45) is 0 Å². The topological polar surface area (TPSA) is 68.9 Å². The molecule has 0 atom stereocenters. The third-order valence-corrected chi connectivity index (χ3v) is 2.16. The lowest BCUT2D eigenvalue weighted by atomic mass is 10.1. The van der Waals surface area contributed by atoms with Crippen LogP contribution in [0.3, 0.4) is 0 Å². The highest BCUT2D eigenvalue weighted by Gasteiger charge is 2.10. The molecule has 2 heterocycles. The molecule has 4 heteroatoms. The van der Waals surface area contributed by atoms with Crippen LogP contribution in [0.4, 0.5) is 5.69 Å². The maximum absolute atomic E-state index is 12.0. The number of nitrogens with two attached hydrogens (primary N) is 1. The number of anilines is 1. The second kappa shape index (κ2) is 4.10. The van der Waals surface area contributed by atoms with Crippen LogP contribution in [0.1, 0.15) is 21.6 Å². The Morgan fingerprint density at radius 3 is 2.69 bits per heavy atom. The van der Waals surface area contributed by atoms with Crippen LogP contribution in [0.15, 0.2) is 36.8 Å². The van der Waals surface area contributed by atoms with E-state index in [0.29, 0.717) is 16.9 Å². The van der Waals surface area contributed by atoms with Crippen LogP contribution in [0.5, 0.6) is 0 Å². The number of nitrogen functional groups attached to an aromatic ring is 1. The fourth-order valence-electron chi connectivity index (χ4n) is 1.37. The zero-order valence-electron chi connectivity index (χ0n) is 8.84. The Hall–Kier alpha value is -2.23. The zero-order chi connectivity index (χ0) is 11.5. The molecule has 0 aliphatic rings. The number of aryl methyl sites for hydroxylation is 1. The van der Waals surface area contributed by atoms with Gasteiger partial charge in [0.25, 0.3) is 0 Å². The van der Waals surface area contributed by atoms with Crippen molar-refractivity contribution in [3.8, 4) is 0 Å². The summed E-state index contributed by atoms with van der Waals surface area (Å²) in [6.45, 7) is 1.89. The lowest BCUT2D eigenvalue weighted by Crippen LogP contribution is -2.05. The van der Waals surface area contributed by atoms with E-state index in [2.05, 4.69) is 9.97 Å². The molecule has 0 amide bonds. The predicted molar refractivity (Wildman–Crippen MR) is 61.1 cm³/mol. The molecular weight excluding hydrogens is 202 g/mol. The van der Waals surface area contributed by atoms with Gasteiger partial charge in [0.2, 0.25) is 5.78 Å². The summed E-state index contributed by atoms with van der Waals surface area (Å²) in [5, 5.41) is 0. The molecule has 0 aliphatic heterocycles. The van der Waals surface area contributed by atoms with Crippen LogP contribution < -0.4 is 5.73 Å². The van der Waals surface area contributed by atoms with E-state index >= 15 is 0 Å². The quantitative estimate of drug-likeness (QED) is 0.769. The highest BCUT2D eigenvalue weighted by atomic mass is 16.1. The van der Waals surface area contributed by atoms with Gasteiger partial charge in [-0.3, -0.25) is 14.8 Å². The van der Waals surface area contributed by atoms with Gasteiger partial charge in [-0.05, 0) is 30.7 Å². The molecule has 0 radical (unpaired) electrons. The van der Waals surface area contributed by atoms with E-state index in [1.54, 1.807) is 24.4 Å². The average Bonchev–Trinajstić information content (AvgIpc) is 2.29. The molecule has 2 aromatic rings. The monoisotopic (exact) mass is 213 g/mol. The van der Waals surface area contributed by atoms with Gasteiger partial charge in [-0.15, -0.1) is 0 Å². The molecule has 2 rings (SSSR count).